The average Bonchev–Trinajstić information content (AvgIpc) is 3.31. The standard InChI is InChI=1S/C18H21N3O3S2/c1-13(19-26(23,24)17-7-4-12-25-17)18(22)21-11-10-20(14-8-9-14)15-5-2-3-6-16(15)21/h2-7,12-14,19H,8-11H2,1H3. The van der Waals surface area contributed by atoms with Crippen LogP contribution in [0.4, 0.5) is 11.4 Å². The first-order valence-corrected chi connectivity index (χ1v) is 11.1. The van der Waals surface area contributed by atoms with Gasteiger partial charge in [-0.3, -0.25) is 4.79 Å². The monoisotopic (exact) mass is 391 g/mol. The number of rotatable bonds is 5. The lowest BCUT2D eigenvalue weighted by Crippen LogP contribution is -2.51. The summed E-state index contributed by atoms with van der Waals surface area (Å²) in [5, 5.41) is 1.70. The van der Waals surface area contributed by atoms with Crippen molar-refractivity contribution in [3.05, 3.63) is 41.8 Å². The van der Waals surface area contributed by atoms with Crippen molar-refractivity contribution in [3.8, 4) is 0 Å². The summed E-state index contributed by atoms with van der Waals surface area (Å²) < 4.78 is 27.5. The maximum atomic E-state index is 13.0. The summed E-state index contributed by atoms with van der Waals surface area (Å²) in [6.07, 6.45) is 2.39. The minimum absolute atomic E-state index is 0.219. The number of benzene rings is 1. The minimum Gasteiger partial charge on any atom is -0.365 e. The van der Waals surface area contributed by atoms with Crippen molar-refractivity contribution < 1.29 is 13.2 Å². The molecular weight excluding hydrogens is 370 g/mol. The largest absolute Gasteiger partial charge is 0.365 e. The highest BCUT2D eigenvalue weighted by Crippen LogP contribution is 2.40. The molecule has 1 aliphatic carbocycles. The molecule has 0 saturated heterocycles. The molecule has 0 radical (unpaired) electrons. The minimum atomic E-state index is -3.68. The Balaban J connectivity index is 1.55. The van der Waals surface area contributed by atoms with Crippen LogP contribution in [-0.4, -0.2) is 39.5 Å². The van der Waals surface area contributed by atoms with Gasteiger partial charge in [-0.2, -0.15) is 4.72 Å². The van der Waals surface area contributed by atoms with Crippen LogP contribution in [0.2, 0.25) is 0 Å². The number of carbonyl (C=O) groups excluding carboxylic acids is 1. The average molecular weight is 392 g/mol. The molecule has 1 atom stereocenters. The summed E-state index contributed by atoms with van der Waals surface area (Å²) in [5.41, 5.74) is 1.92. The van der Waals surface area contributed by atoms with Crippen LogP contribution in [0.15, 0.2) is 46.0 Å². The predicted octanol–water partition coefficient (Wildman–Crippen LogP) is 2.43. The third-order valence-electron chi connectivity index (χ3n) is 4.76. The molecule has 1 aromatic heterocycles. The molecule has 138 valence electrons. The van der Waals surface area contributed by atoms with E-state index in [0.717, 1.165) is 29.3 Å². The van der Waals surface area contributed by atoms with E-state index < -0.39 is 16.1 Å². The van der Waals surface area contributed by atoms with Crippen LogP contribution in [-0.2, 0) is 14.8 Å². The van der Waals surface area contributed by atoms with Gasteiger partial charge in [0.05, 0.1) is 17.4 Å². The molecule has 1 aliphatic heterocycles. The van der Waals surface area contributed by atoms with E-state index >= 15 is 0 Å². The molecule has 26 heavy (non-hydrogen) atoms. The van der Waals surface area contributed by atoms with Crippen LogP contribution in [0.5, 0.6) is 0 Å². The van der Waals surface area contributed by atoms with E-state index in [2.05, 4.69) is 9.62 Å². The molecule has 2 heterocycles. The van der Waals surface area contributed by atoms with E-state index in [4.69, 9.17) is 0 Å². The van der Waals surface area contributed by atoms with Gasteiger partial charge in [-0.25, -0.2) is 8.42 Å². The Labute approximate surface area is 157 Å². The van der Waals surface area contributed by atoms with E-state index in [9.17, 15) is 13.2 Å². The summed E-state index contributed by atoms with van der Waals surface area (Å²) in [6.45, 7) is 2.94. The Morgan fingerprint density at radius 1 is 1.15 bits per heavy atom. The zero-order valence-electron chi connectivity index (χ0n) is 14.5. The molecule has 2 aromatic rings. The van der Waals surface area contributed by atoms with Gasteiger partial charge < -0.3 is 9.80 Å². The quantitative estimate of drug-likeness (QED) is 0.850. The molecule has 1 N–H and O–H groups in total. The molecule has 1 unspecified atom stereocenters. The van der Waals surface area contributed by atoms with Gasteiger partial charge in [0.25, 0.3) is 10.0 Å². The first-order valence-electron chi connectivity index (χ1n) is 8.70. The fourth-order valence-electron chi connectivity index (χ4n) is 3.37. The molecule has 1 amide bonds. The molecule has 0 spiro atoms. The van der Waals surface area contributed by atoms with Gasteiger partial charge in [-0.1, -0.05) is 18.2 Å². The second-order valence-electron chi connectivity index (χ2n) is 6.68. The topological polar surface area (TPSA) is 69.7 Å². The van der Waals surface area contributed by atoms with Gasteiger partial charge in [-0.05, 0) is 43.3 Å². The first kappa shape index (κ1) is 17.5. The number of carbonyl (C=O) groups is 1. The van der Waals surface area contributed by atoms with Crippen molar-refractivity contribution in [3.63, 3.8) is 0 Å². The van der Waals surface area contributed by atoms with E-state index in [1.807, 2.05) is 24.3 Å². The van der Waals surface area contributed by atoms with Crippen molar-refractivity contribution in [1.29, 1.82) is 0 Å². The van der Waals surface area contributed by atoms with E-state index in [1.165, 1.54) is 18.9 Å². The number of para-hydroxylation sites is 2. The Hall–Kier alpha value is -1.90. The molecule has 1 aromatic carbocycles. The second kappa shape index (κ2) is 6.68. The number of nitrogens with one attached hydrogen (secondary N) is 1. The highest BCUT2D eigenvalue weighted by Gasteiger charge is 2.36. The maximum absolute atomic E-state index is 13.0. The van der Waals surface area contributed by atoms with Crippen LogP contribution in [0.1, 0.15) is 19.8 Å². The van der Waals surface area contributed by atoms with Crippen molar-refractivity contribution in [2.45, 2.75) is 36.1 Å². The fourth-order valence-corrected chi connectivity index (χ4v) is 5.58. The summed E-state index contributed by atoms with van der Waals surface area (Å²) in [5.74, 6) is -0.229. The zero-order chi connectivity index (χ0) is 18.3. The van der Waals surface area contributed by atoms with Crippen LogP contribution in [0.25, 0.3) is 0 Å². The number of hydrogen-bond acceptors (Lipinski definition) is 5. The first-order chi connectivity index (χ1) is 12.5. The Morgan fingerprint density at radius 3 is 2.54 bits per heavy atom. The van der Waals surface area contributed by atoms with Crippen molar-refractivity contribution in [1.82, 2.24) is 4.72 Å². The lowest BCUT2D eigenvalue weighted by molar-refractivity contribution is -0.119. The molecule has 1 saturated carbocycles. The van der Waals surface area contributed by atoms with Crippen LogP contribution in [0, 0.1) is 0 Å². The highest BCUT2D eigenvalue weighted by atomic mass is 32.2. The lowest BCUT2D eigenvalue weighted by atomic mass is 10.1. The maximum Gasteiger partial charge on any atom is 0.250 e. The van der Waals surface area contributed by atoms with Gasteiger partial charge in [0.2, 0.25) is 5.91 Å². The summed E-state index contributed by atoms with van der Waals surface area (Å²) in [7, 11) is -3.68. The van der Waals surface area contributed by atoms with Gasteiger partial charge in [0.1, 0.15) is 4.21 Å². The molecule has 6 nitrogen and oxygen atoms in total. The highest BCUT2D eigenvalue weighted by molar-refractivity contribution is 7.91. The Bertz CT molecular complexity index is 908. The normalized spacial score (nSPS) is 18.5. The number of amides is 1. The SMILES string of the molecule is CC(NS(=O)(=O)c1cccs1)C(=O)N1CCN(C2CC2)c2ccccc21. The second-order valence-corrected chi connectivity index (χ2v) is 9.57. The Morgan fingerprint density at radius 2 is 1.88 bits per heavy atom. The number of anilines is 2. The van der Waals surface area contributed by atoms with E-state index in [-0.39, 0.29) is 10.1 Å². The van der Waals surface area contributed by atoms with Crippen molar-refractivity contribution in [2.75, 3.05) is 22.9 Å². The van der Waals surface area contributed by atoms with Crippen LogP contribution in [0.3, 0.4) is 0 Å². The molecule has 8 heteroatoms. The Kier molecular flexibility index (Phi) is 4.50. The zero-order valence-corrected chi connectivity index (χ0v) is 16.1. The van der Waals surface area contributed by atoms with Crippen molar-refractivity contribution >= 4 is 38.6 Å². The van der Waals surface area contributed by atoms with Gasteiger partial charge in [-0.15, -0.1) is 11.3 Å². The van der Waals surface area contributed by atoms with Crippen LogP contribution >= 0.6 is 11.3 Å². The summed E-state index contributed by atoms with van der Waals surface area (Å²) >= 11 is 1.14. The van der Waals surface area contributed by atoms with Crippen molar-refractivity contribution in [2.24, 2.45) is 0 Å². The lowest BCUT2D eigenvalue weighted by Gasteiger charge is -2.38. The number of fused-ring (bicyclic) bond motifs is 1. The van der Waals surface area contributed by atoms with Gasteiger partial charge in [0.15, 0.2) is 0 Å². The summed E-state index contributed by atoms with van der Waals surface area (Å²) in [6, 6.07) is 10.8. The number of nitrogens with zero attached hydrogens (tertiary/aromatic N) is 2. The summed E-state index contributed by atoms with van der Waals surface area (Å²) in [4.78, 5) is 17.0. The number of hydrogen-bond donors (Lipinski definition) is 1. The predicted molar refractivity (Wildman–Crippen MR) is 103 cm³/mol. The van der Waals surface area contributed by atoms with Gasteiger partial charge >= 0.3 is 0 Å². The number of sulfonamides is 1. The van der Waals surface area contributed by atoms with Crippen LogP contribution < -0.4 is 14.5 Å². The fraction of sp³-hybridized carbons (Fsp3) is 0.389. The molecule has 2 aliphatic rings. The molecule has 4 rings (SSSR count). The van der Waals surface area contributed by atoms with E-state index in [0.29, 0.717) is 12.6 Å². The number of thiophene rings is 1. The third kappa shape index (κ3) is 3.24. The molecule has 1 fully saturated rings. The van der Waals surface area contributed by atoms with Gasteiger partial charge in [0, 0.05) is 19.1 Å². The third-order valence-corrected chi connectivity index (χ3v) is 7.70. The molecule has 0 bridgehead atoms. The van der Waals surface area contributed by atoms with E-state index in [1.54, 1.807) is 23.3 Å². The smallest absolute Gasteiger partial charge is 0.250 e. The molecular formula is C18H21N3O3S2.